The summed E-state index contributed by atoms with van der Waals surface area (Å²) in [5.74, 6) is 0. The summed E-state index contributed by atoms with van der Waals surface area (Å²) in [6, 6.07) is 0. The monoisotopic (exact) mass is 240 g/mol. The van der Waals surface area contributed by atoms with E-state index in [4.69, 9.17) is 9.79 Å². The van der Waals surface area contributed by atoms with E-state index in [9.17, 15) is 4.57 Å². The second-order valence-corrected chi connectivity index (χ2v) is 4.93. The van der Waals surface area contributed by atoms with Crippen LogP contribution in [0.15, 0.2) is 0 Å². The summed E-state index contributed by atoms with van der Waals surface area (Å²) >= 11 is 0. The van der Waals surface area contributed by atoms with Gasteiger partial charge in [-0.2, -0.15) is 0 Å². The van der Waals surface area contributed by atoms with Crippen molar-refractivity contribution in [2.24, 2.45) is 0 Å². The number of phosphoric acid groups is 1. The number of quaternary nitrogens is 1. The molecule has 0 bridgehead atoms. The van der Waals surface area contributed by atoms with Crippen molar-refractivity contribution in [1.29, 1.82) is 0 Å². The Morgan fingerprint density at radius 3 is 1.93 bits per heavy atom. The lowest BCUT2D eigenvalue weighted by Crippen LogP contribution is -2.48. The highest BCUT2D eigenvalue weighted by molar-refractivity contribution is 7.46. The van der Waals surface area contributed by atoms with Crippen molar-refractivity contribution < 1.29 is 23.4 Å². The molecule has 0 amide bonds. The predicted molar refractivity (Wildman–Crippen MR) is 59.4 cm³/mol. The van der Waals surface area contributed by atoms with Gasteiger partial charge in [-0.15, -0.1) is 0 Å². The van der Waals surface area contributed by atoms with Crippen molar-refractivity contribution in [3.63, 3.8) is 0 Å². The Bertz CT molecular complexity index is 204. The van der Waals surface area contributed by atoms with Crippen LogP contribution in [0.1, 0.15) is 27.2 Å². The van der Waals surface area contributed by atoms with E-state index in [1.165, 1.54) is 0 Å². The van der Waals surface area contributed by atoms with Crippen LogP contribution < -0.4 is 0 Å². The van der Waals surface area contributed by atoms with Gasteiger partial charge < -0.3 is 14.3 Å². The van der Waals surface area contributed by atoms with Crippen LogP contribution in [0.25, 0.3) is 0 Å². The molecule has 0 spiro atoms. The number of phosphoric ester groups is 1. The SMILES string of the molecule is CC[N+](CC)(CC)CCCOP(=O)(O)O. The average Bonchev–Trinajstić information content (AvgIpc) is 2.18. The fraction of sp³-hybridized carbons (Fsp3) is 1.00. The molecule has 0 unspecified atom stereocenters. The summed E-state index contributed by atoms with van der Waals surface area (Å²) in [4.78, 5) is 17.0. The predicted octanol–water partition coefficient (Wildman–Crippen LogP) is 1.36. The number of rotatable bonds is 8. The summed E-state index contributed by atoms with van der Waals surface area (Å²) in [7, 11) is -4.28. The second-order valence-electron chi connectivity index (χ2n) is 3.69. The van der Waals surface area contributed by atoms with E-state index in [0.717, 1.165) is 30.7 Å². The average molecular weight is 240 g/mol. The maximum atomic E-state index is 10.4. The Morgan fingerprint density at radius 1 is 1.13 bits per heavy atom. The maximum Gasteiger partial charge on any atom is 0.469 e. The van der Waals surface area contributed by atoms with Crippen molar-refractivity contribution in [1.82, 2.24) is 0 Å². The van der Waals surface area contributed by atoms with Gasteiger partial charge >= 0.3 is 7.82 Å². The maximum absolute atomic E-state index is 10.4. The normalized spacial score (nSPS) is 13.1. The van der Waals surface area contributed by atoms with E-state index in [2.05, 4.69) is 25.3 Å². The molecule has 0 aromatic heterocycles. The van der Waals surface area contributed by atoms with Gasteiger partial charge in [0.2, 0.25) is 0 Å². The first kappa shape index (κ1) is 15.1. The molecule has 15 heavy (non-hydrogen) atoms. The highest BCUT2D eigenvalue weighted by atomic mass is 31.2. The number of hydrogen-bond acceptors (Lipinski definition) is 2. The molecular formula is C9H23NO4P+. The molecule has 5 nitrogen and oxygen atoms in total. The number of hydrogen-bond donors (Lipinski definition) is 2. The molecule has 6 heteroatoms. The fourth-order valence-corrected chi connectivity index (χ4v) is 2.10. The Morgan fingerprint density at radius 2 is 1.60 bits per heavy atom. The molecule has 0 aromatic rings. The molecule has 0 radical (unpaired) electrons. The zero-order valence-corrected chi connectivity index (χ0v) is 10.7. The van der Waals surface area contributed by atoms with Gasteiger partial charge in [-0.25, -0.2) is 4.57 Å². The van der Waals surface area contributed by atoms with E-state index in [1.807, 2.05) is 0 Å². The molecular weight excluding hydrogens is 217 g/mol. The van der Waals surface area contributed by atoms with E-state index < -0.39 is 7.82 Å². The van der Waals surface area contributed by atoms with Gasteiger partial charge in [0.05, 0.1) is 32.8 Å². The molecule has 92 valence electrons. The van der Waals surface area contributed by atoms with Crippen molar-refractivity contribution in [2.45, 2.75) is 27.2 Å². The quantitative estimate of drug-likeness (QED) is 0.382. The zero-order chi connectivity index (χ0) is 11.9. The molecule has 0 rings (SSSR count). The van der Waals surface area contributed by atoms with Crippen LogP contribution >= 0.6 is 7.82 Å². The molecule has 0 aliphatic rings. The van der Waals surface area contributed by atoms with Gasteiger partial charge in [-0.3, -0.25) is 4.52 Å². The Kier molecular flexibility index (Phi) is 6.64. The van der Waals surface area contributed by atoms with Crippen molar-refractivity contribution in [3.05, 3.63) is 0 Å². The Hall–Kier alpha value is 0.0700. The van der Waals surface area contributed by atoms with E-state index in [-0.39, 0.29) is 6.61 Å². The van der Waals surface area contributed by atoms with Gasteiger partial charge in [0.1, 0.15) is 0 Å². The van der Waals surface area contributed by atoms with Gasteiger partial charge in [0.25, 0.3) is 0 Å². The molecule has 0 saturated carbocycles. The molecule has 0 heterocycles. The molecule has 0 fully saturated rings. The minimum atomic E-state index is -4.28. The second kappa shape index (κ2) is 6.61. The molecule has 0 aliphatic carbocycles. The minimum absolute atomic E-state index is 0.129. The fourth-order valence-electron chi connectivity index (χ4n) is 1.73. The summed E-state index contributed by atoms with van der Waals surface area (Å²) in [5.41, 5.74) is 0. The largest absolute Gasteiger partial charge is 0.469 e. The van der Waals surface area contributed by atoms with Crippen LogP contribution in [0, 0.1) is 0 Å². The molecule has 0 saturated heterocycles. The first-order valence-corrected chi connectivity index (χ1v) is 6.97. The van der Waals surface area contributed by atoms with Gasteiger partial charge in [-0.05, 0) is 20.8 Å². The Labute approximate surface area is 91.9 Å². The third kappa shape index (κ3) is 6.28. The standard InChI is InChI=1S/C9H22NO4P/c1-4-10(5-2,6-3)8-7-9-14-15(11,12)13/h4-9H2,1-3H3,(H-,11,12,13)/p+1. The van der Waals surface area contributed by atoms with Gasteiger partial charge in [0.15, 0.2) is 0 Å². The molecule has 0 aromatic carbocycles. The highest BCUT2D eigenvalue weighted by Crippen LogP contribution is 2.35. The van der Waals surface area contributed by atoms with Crippen LogP contribution in [-0.2, 0) is 9.09 Å². The number of nitrogens with zero attached hydrogens (tertiary/aromatic N) is 1. The smallest absolute Gasteiger partial charge is 0.324 e. The summed E-state index contributed by atoms with van der Waals surface area (Å²) in [6.07, 6.45) is 0.681. The topological polar surface area (TPSA) is 66.8 Å². The summed E-state index contributed by atoms with van der Waals surface area (Å²) < 4.78 is 15.8. The summed E-state index contributed by atoms with van der Waals surface area (Å²) in [5, 5.41) is 0. The third-order valence-corrected chi connectivity index (χ3v) is 3.57. The van der Waals surface area contributed by atoms with E-state index in [0.29, 0.717) is 6.42 Å². The van der Waals surface area contributed by atoms with Crippen LogP contribution in [0.2, 0.25) is 0 Å². The van der Waals surface area contributed by atoms with Gasteiger partial charge in [-0.1, -0.05) is 0 Å². The van der Waals surface area contributed by atoms with Crippen LogP contribution in [0.3, 0.4) is 0 Å². The van der Waals surface area contributed by atoms with Crippen molar-refractivity contribution in [3.8, 4) is 0 Å². The first-order valence-electron chi connectivity index (χ1n) is 5.44. The first-order chi connectivity index (χ1) is 6.89. The van der Waals surface area contributed by atoms with Crippen molar-refractivity contribution >= 4 is 7.82 Å². The summed E-state index contributed by atoms with van der Waals surface area (Å²) in [6.45, 7) is 10.6. The van der Waals surface area contributed by atoms with Crippen LogP contribution in [0.4, 0.5) is 0 Å². The van der Waals surface area contributed by atoms with Gasteiger partial charge in [0, 0.05) is 6.42 Å². The zero-order valence-electron chi connectivity index (χ0n) is 9.85. The third-order valence-electron chi connectivity index (χ3n) is 3.05. The van der Waals surface area contributed by atoms with E-state index in [1.54, 1.807) is 0 Å². The minimum Gasteiger partial charge on any atom is -0.324 e. The van der Waals surface area contributed by atoms with Crippen LogP contribution in [0.5, 0.6) is 0 Å². The van der Waals surface area contributed by atoms with Crippen molar-refractivity contribution in [2.75, 3.05) is 32.8 Å². The highest BCUT2D eigenvalue weighted by Gasteiger charge is 2.21. The molecule has 2 N–H and O–H groups in total. The molecule has 0 atom stereocenters. The lowest BCUT2D eigenvalue weighted by atomic mass is 10.3. The van der Waals surface area contributed by atoms with E-state index >= 15 is 0 Å². The lowest BCUT2D eigenvalue weighted by Gasteiger charge is -2.35. The molecule has 0 aliphatic heterocycles. The lowest BCUT2D eigenvalue weighted by molar-refractivity contribution is -0.923. The Balaban J connectivity index is 3.87. The van der Waals surface area contributed by atoms with Crippen LogP contribution in [-0.4, -0.2) is 47.1 Å².